The quantitative estimate of drug-likeness (QED) is 0.685. The lowest BCUT2D eigenvalue weighted by Gasteiger charge is -2.16. The van der Waals surface area contributed by atoms with E-state index in [2.05, 4.69) is 27.5 Å². The van der Waals surface area contributed by atoms with E-state index in [1.54, 1.807) is 13.8 Å². The molecule has 0 spiro atoms. The van der Waals surface area contributed by atoms with Crippen LogP contribution in [0.3, 0.4) is 0 Å². The number of furan rings is 1. The summed E-state index contributed by atoms with van der Waals surface area (Å²) in [7, 11) is 0. The van der Waals surface area contributed by atoms with Crippen molar-refractivity contribution < 1.29 is 18.0 Å². The van der Waals surface area contributed by atoms with E-state index >= 15 is 0 Å². The van der Waals surface area contributed by atoms with E-state index < -0.39 is 23.6 Å². The SMILES string of the molecule is Cc1oc2ncnc(NC3(C)CC3)c2c1C(=O)NC(C)c1cc(F)ccc1F. The highest BCUT2D eigenvalue weighted by Gasteiger charge is 2.38. The fourth-order valence-corrected chi connectivity index (χ4v) is 3.20. The van der Waals surface area contributed by atoms with Gasteiger partial charge in [0.05, 0.1) is 17.0 Å². The van der Waals surface area contributed by atoms with Crippen LogP contribution in [0.5, 0.6) is 0 Å². The molecule has 4 rings (SSSR count). The van der Waals surface area contributed by atoms with Crippen LogP contribution >= 0.6 is 0 Å². The summed E-state index contributed by atoms with van der Waals surface area (Å²) >= 11 is 0. The Bertz CT molecular complexity index is 1080. The third-order valence-electron chi connectivity index (χ3n) is 5.08. The van der Waals surface area contributed by atoms with Gasteiger partial charge in [0, 0.05) is 11.1 Å². The second-order valence-electron chi connectivity index (χ2n) is 7.48. The summed E-state index contributed by atoms with van der Waals surface area (Å²) in [6.45, 7) is 5.32. The second kappa shape index (κ2) is 6.54. The van der Waals surface area contributed by atoms with E-state index in [0.717, 1.165) is 31.0 Å². The van der Waals surface area contributed by atoms with E-state index in [1.807, 2.05) is 0 Å². The zero-order valence-corrected chi connectivity index (χ0v) is 15.8. The molecule has 1 aromatic carbocycles. The summed E-state index contributed by atoms with van der Waals surface area (Å²) in [4.78, 5) is 21.4. The number of aryl methyl sites for hydroxylation is 1. The Balaban J connectivity index is 1.69. The zero-order chi connectivity index (χ0) is 20.1. The molecule has 6 nitrogen and oxygen atoms in total. The van der Waals surface area contributed by atoms with Crippen molar-refractivity contribution in [3.63, 3.8) is 0 Å². The number of aromatic nitrogens is 2. The van der Waals surface area contributed by atoms with Crippen LogP contribution in [0.4, 0.5) is 14.6 Å². The minimum Gasteiger partial charge on any atom is -0.442 e. The van der Waals surface area contributed by atoms with Crippen LogP contribution < -0.4 is 10.6 Å². The van der Waals surface area contributed by atoms with Crippen LogP contribution in [-0.4, -0.2) is 21.4 Å². The number of nitrogens with one attached hydrogen (secondary N) is 2. The Labute approximate surface area is 160 Å². The van der Waals surface area contributed by atoms with Crippen LogP contribution in [0.25, 0.3) is 11.1 Å². The Hall–Kier alpha value is -3.03. The highest BCUT2D eigenvalue weighted by molar-refractivity contribution is 6.10. The van der Waals surface area contributed by atoms with Crippen molar-refractivity contribution in [1.82, 2.24) is 15.3 Å². The number of halogens is 2. The number of nitrogens with zero attached hydrogens (tertiary/aromatic N) is 2. The summed E-state index contributed by atoms with van der Waals surface area (Å²) in [5.74, 6) is -0.720. The molecule has 0 radical (unpaired) electrons. The molecule has 1 aliphatic carbocycles. The first-order chi connectivity index (χ1) is 13.3. The molecule has 2 heterocycles. The predicted octanol–water partition coefficient (Wildman–Crippen LogP) is 4.26. The van der Waals surface area contributed by atoms with Gasteiger partial charge < -0.3 is 15.1 Å². The Kier molecular flexibility index (Phi) is 4.28. The van der Waals surface area contributed by atoms with Gasteiger partial charge in [0.25, 0.3) is 5.91 Å². The number of rotatable bonds is 5. The molecule has 2 aromatic heterocycles. The standard InChI is InChI=1S/C20H20F2N4O2/c1-10(13-8-12(21)4-5-14(13)22)25-18(27)15-11(2)28-19-16(15)17(23-9-24-19)26-20(3)6-7-20/h4-5,8-10H,6-7H2,1-3H3,(H,25,27)(H,23,24,26). The zero-order valence-electron chi connectivity index (χ0n) is 15.8. The Morgan fingerprint density at radius 1 is 1.29 bits per heavy atom. The van der Waals surface area contributed by atoms with Crippen molar-refractivity contribution in [1.29, 1.82) is 0 Å². The first-order valence-corrected chi connectivity index (χ1v) is 9.05. The van der Waals surface area contributed by atoms with Crippen molar-refractivity contribution in [2.75, 3.05) is 5.32 Å². The summed E-state index contributed by atoms with van der Waals surface area (Å²) < 4.78 is 33.2. The number of amides is 1. The van der Waals surface area contributed by atoms with Crippen LogP contribution in [0.2, 0.25) is 0 Å². The minimum atomic E-state index is -0.741. The summed E-state index contributed by atoms with van der Waals surface area (Å²) in [5, 5.41) is 6.54. The van der Waals surface area contributed by atoms with Gasteiger partial charge in [-0.3, -0.25) is 4.79 Å². The van der Waals surface area contributed by atoms with Crippen molar-refractivity contribution >= 4 is 22.8 Å². The molecular weight excluding hydrogens is 366 g/mol. The number of hydrogen-bond acceptors (Lipinski definition) is 5. The second-order valence-corrected chi connectivity index (χ2v) is 7.48. The van der Waals surface area contributed by atoms with Crippen molar-refractivity contribution in [3.8, 4) is 0 Å². The molecule has 146 valence electrons. The maximum absolute atomic E-state index is 14.0. The molecule has 0 saturated heterocycles. The first-order valence-electron chi connectivity index (χ1n) is 9.05. The maximum Gasteiger partial charge on any atom is 0.256 e. The number of fused-ring (bicyclic) bond motifs is 1. The van der Waals surface area contributed by atoms with Gasteiger partial charge in [0.1, 0.15) is 29.5 Å². The summed E-state index contributed by atoms with van der Waals surface area (Å²) in [6, 6.07) is 2.41. The molecule has 28 heavy (non-hydrogen) atoms. The maximum atomic E-state index is 14.0. The van der Waals surface area contributed by atoms with Crippen LogP contribution in [0.1, 0.15) is 54.4 Å². The van der Waals surface area contributed by atoms with Crippen molar-refractivity contribution in [2.24, 2.45) is 0 Å². The third kappa shape index (κ3) is 3.30. The van der Waals surface area contributed by atoms with Crippen molar-refractivity contribution in [2.45, 2.75) is 45.2 Å². The molecule has 1 atom stereocenters. The van der Waals surface area contributed by atoms with Gasteiger partial charge in [0.15, 0.2) is 0 Å². The first kappa shape index (κ1) is 18.3. The highest BCUT2D eigenvalue weighted by atomic mass is 19.1. The normalized spacial score (nSPS) is 16.0. The van der Waals surface area contributed by atoms with E-state index in [-0.39, 0.29) is 16.7 Å². The van der Waals surface area contributed by atoms with Gasteiger partial charge in [-0.15, -0.1) is 0 Å². The van der Waals surface area contributed by atoms with Gasteiger partial charge in [-0.25, -0.2) is 18.7 Å². The van der Waals surface area contributed by atoms with Crippen LogP contribution in [-0.2, 0) is 0 Å². The minimum absolute atomic E-state index is 0.0574. The number of carbonyl (C=O) groups excluding carboxylic acids is 1. The lowest BCUT2D eigenvalue weighted by atomic mass is 10.1. The average Bonchev–Trinajstić information content (AvgIpc) is 3.25. The van der Waals surface area contributed by atoms with E-state index in [0.29, 0.717) is 22.7 Å². The van der Waals surface area contributed by atoms with Gasteiger partial charge in [-0.1, -0.05) is 0 Å². The molecule has 0 bridgehead atoms. The highest BCUT2D eigenvalue weighted by Crippen LogP contribution is 2.40. The topological polar surface area (TPSA) is 80.1 Å². The van der Waals surface area contributed by atoms with E-state index in [1.165, 1.54) is 6.33 Å². The number of hydrogen-bond donors (Lipinski definition) is 2. The number of carbonyl (C=O) groups is 1. The van der Waals surface area contributed by atoms with E-state index in [9.17, 15) is 13.6 Å². The lowest BCUT2D eigenvalue weighted by Crippen LogP contribution is -2.28. The average molecular weight is 386 g/mol. The van der Waals surface area contributed by atoms with Crippen LogP contribution in [0.15, 0.2) is 28.9 Å². The molecule has 1 unspecified atom stereocenters. The smallest absolute Gasteiger partial charge is 0.256 e. The monoisotopic (exact) mass is 386 g/mol. The molecule has 3 aromatic rings. The largest absolute Gasteiger partial charge is 0.442 e. The Morgan fingerprint density at radius 2 is 2.04 bits per heavy atom. The molecule has 1 fully saturated rings. The molecule has 8 heteroatoms. The van der Waals surface area contributed by atoms with Gasteiger partial charge >= 0.3 is 0 Å². The molecule has 2 N–H and O–H groups in total. The van der Waals surface area contributed by atoms with Gasteiger partial charge in [-0.05, 0) is 51.8 Å². The van der Waals surface area contributed by atoms with Gasteiger partial charge in [-0.2, -0.15) is 0 Å². The number of anilines is 1. The molecule has 1 amide bonds. The lowest BCUT2D eigenvalue weighted by molar-refractivity contribution is 0.0939. The Morgan fingerprint density at radius 3 is 2.75 bits per heavy atom. The molecule has 1 saturated carbocycles. The van der Waals surface area contributed by atoms with E-state index in [4.69, 9.17) is 4.42 Å². The summed E-state index contributed by atoms with van der Waals surface area (Å²) in [5.41, 5.74) is 0.594. The van der Waals surface area contributed by atoms with Gasteiger partial charge in [0.2, 0.25) is 5.71 Å². The fraction of sp³-hybridized carbons (Fsp3) is 0.350. The third-order valence-corrected chi connectivity index (χ3v) is 5.08. The predicted molar refractivity (Wildman–Crippen MR) is 100 cm³/mol. The van der Waals surface area contributed by atoms with Crippen LogP contribution in [0, 0.1) is 18.6 Å². The molecule has 0 aliphatic heterocycles. The number of benzene rings is 1. The summed E-state index contributed by atoms with van der Waals surface area (Å²) in [6.07, 6.45) is 3.39. The van der Waals surface area contributed by atoms with Crippen molar-refractivity contribution in [3.05, 3.63) is 53.0 Å². The molecular formula is C20H20F2N4O2. The molecule has 1 aliphatic rings. The fourth-order valence-electron chi connectivity index (χ4n) is 3.20.